The summed E-state index contributed by atoms with van der Waals surface area (Å²) in [6, 6.07) is 20.5. The number of ether oxygens (including phenoxy) is 3. The molecular weight excluding hydrogens is 428 g/mol. The zero-order chi connectivity index (χ0) is 23.4. The quantitative estimate of drug-likeness (QED) is 0.482. The van der Waals surface area contributed by atoms with Gasteiger partial charge in [-0.25, -0.2) is 4.99 Å². The molecule has 0 bridgehead atoms. The van der Waals surface area contributed by atoms with Crippen LogP contribution in [0, 0.1) is 6.92 Å². The van der Waals surface area contributed by atoms with Gasteiger partial charge in [0.15, 0.2) is 5.54 Å². The maximum atomic E-state index is 12.7. The lowest BCUT2D eigenvalue weighted by Gasteiger charge is -2.27. The molecule has 0 spiro atoms. The number of benzene rings is 3. The summed E-state index contributed by atoms with van der Waals surface area (Å²) in [6.07, 6.45) is 0. The fraction of sp³-hybridized carbons (Fsp3) is 0.240. The summed E-state index contributed by atoms with van der Waals surface area (Å²) < 4.78 is 41.5. The molecule has 4 rings (SSSR count). The van der Waals surface area contributed by atoms with Gasteiger partial charge < -0.3 is 25.3 Å². The molecule has 1 aliphatic rings. The van der Waals surface area contributed by atoms with Crippen molar-refractivity contribution in [1.29, 1.82) is 0 Å². The van der Waals surface area contributed by atoms with E-state index in [1.807, 2.05) is 55.5 Å². The van der Waals surface area contributed by atoms with E-state index in [2.05, 4.69) is 15.0 Å². The van der Waals surface area contributed by atoms with Crippen molar-refractivity contribution in [2.24, 2.45) is 10.7 Å². The summed E-state index contributed by atoms with van der Waals surface area (Å²) >= 11 is 0. The Kier molecular flexibility index (Phi) is 6.35. The van der Waals surface area contributed by atoms with Crippen LogP contribution >= 0.6 is 0 Å². The predicted molar refractivity (Wildman–Crippen MR) is 124 cm³/mol. The molecule has 0 saturated heterocycles. The van der Waals surface area contributed by atoms with Gasteiger partial charge in [0.05, 0.1) is 6.61 Å². The molecule has 8 heteroatoms. The molecule has 3 aromatic carbocycles. The molecule has 0 radical (unpaired) electrons. The molecule has 0 fully saturated rings. The van der Waals surface area contributed by atoms with Crippen LogP contribution in [0.2, 0.25) is 0 Å². The van der Waals surface area contributed by atoms with Crippen LogP contribution in [0.25, 0.3) is 0 Å². The third-order valence-electron chi connectivity index (χ3n) is 5.36. The van der Waals surface area contributed by atoms with Crippen molar-refractivity contribution >= 4 is 17.4 Å². The molecule has 33 heavy (non-hydrogen) atoms. The second-order valence-corrected chi connectivity index (χ2v) is 7.63. The van der Waals surface area contributed by atoms with E-state index in [-0.39, 0.29) is 18.4 Å². The fourth-order valence-corrected chi connectivity index (χ4v) is 3.88. The Labute approximate surface area is 191 Å². The van der Waals surface area contributed by atoms with Crippen LogP contribution in [-0.2, 0) is 10.3 Å². The Morgan fingerprint density at radius 2 is 1.85 bits per heavy atom. The maximum absolute atomic E-state index is 12.7. The topological polar surface area (TPSA) is 78.1 Å². The smallest absolute Gasteiger partial charge is 0.387 e. The van der Waals surface area contributed by atoms with Crippen LogP contribution in [0.1, 0.15) is 23.6 Å². The van der Waals surface area contributed by atoms with Gasteiger partial charge in [-0.2, -0.15) is 8.78 Å². The van der Waals surface area contributed by atoms with Crippen LogP contribution in [-0.4, -0.2) is 25.8 Å². The van der Waals surface area contributed by atoms with Crippen LogP contribution in [0.4, 0.5) is 20.2 Å². The Morgan fingerprint density at radius 3 is 2.48 bits per heavy atom. The molecule has 6 nitrogen and oxygen atoms in total. The van der Waals surface area contributed by atoms with E-state index in [1.165, 1.54) is 6.07 Å². The Balaban J connectivity index is 1.81. The average molecular weight is 453 g/mol. The SMILES string of the molecule is CCOc1cc(Nc2ccccc2)cc(C2(c3ccc(OC(F)F)c(C)c3)COC(N)=N2)c1. The first-order chi connectivity index (χ1) is 15.9. The van der Waals surface area contributed by atoms with E-state index < -0.39 is 12.2 Å². The van der Waals surface area contributed by atoms with E-state index in [0.29, 0.717) is 17.9 Å². The Hall–Kier alpha value is -3.81. The molecule has 0 aromatic heterocycles. The molecule has 0 aliphatic carbocycles. The lowest BCUT2D eigenvalue weighted by molar-refractivity contribution is -0.0503. The highest BCUT2D eigenvalue weighted by atomic mass is 19.3. The van der Waals surface area contributed by atoms with Crippen LogP contribution < -0.4 is 20.5 Å². The van der Waals surface area contributed by atoms with Crippen LogP contribution in [0.15, 0.2) is 71.7 Å². The number of nitrogens with zero attached hydrogens (tertiary/aromatic N) is 1. The summed E-state index contributed by atoms with van der Waals surface area (Å²) in [5.41, 5.74) is 8.76. The molecule has 1 aliphatic heterocycles. The number of amidine groups is 1. The van der Waals surface area contributed by atoms with Crippen LogP contribution in [0.3, 0.4) is 0 Å². The second kappa shape index (κ2) is 9.36. The van der Waals surface area contributed by atoms with Gasteiger partial charge >= 0.3 is 6.61 Å². The summed E-state index contributed by atoms with van der Waals surface area (Å²) in [7, 11) is 0. The highest BCUT2D eigenvalue weighted by Gasteiger charge is 2.41. The molecule has 1 unspecified atom stereocenters. The van der Waals surface area contributed by atoms with Crippen LogP contribution in [0.5, 0.6) is 11.5 Å². The summed E-state index contributed by atoms with van der Waals surface area (Å²) in [5, 5.41) is 3.38. The van der Waals surface area contributed by atoms with E-state index in [4.69, 9.17) is 15.2 Å². The third-order valence-corrected chi connectivity index (χ3v) is 5.36. The number of para-hydroxylation sites is 1. The van der Waals surface area contributed by atoms with Gasteiger partial charge in [0.2, 0.25) is 0 Å². The fourth-order valence-electron chi connectivity index (χ4n) is 3.88. The third kappa shape index (κ3) is 4.84. The first-order valence-electron chi connectivity index (χ1n) is 10.5. The molecule has 1 heterocycles. The molecule has 0 saturated carbocycles. The number of aliphatic imine (C=N–C) groups is 1. The number of nitrogens with two attached hydrogens (primary N) is 1. The molecular formula is C25H25F2N3O3. The number of alkyl halides is 2. The Morgan fingerprint density at radius 1 is 1.06 bits per heavy atom. The molecule has 0 amide bonds. The minimum Gasteiger partial charge on any atom is -0.494 e. The molecule has 3 N–H and O–H groups in total. The number of anilines is 2. The first kappa shape index (κ1) is 22.4. The van der Waals surface area contributed by atoms with Crippen molar-refractivity contribution in [3.05, 3.63) is 83.4 Å². The number of aryl methyl sites for hydroxylation is 1. The number of nitrogens with one attached hydrogen (secondary N) is 1. The molecule has 3 aromatic rings. The standard InChI is InChI=1S/C25H25F2N3O3/c1-3-31-21-13-18(12-20(14-21)29-19-7-5-4-6-8-19)25(15-32-24(28)30-25)17-9-10-22(16(2)11-17)33-23(26)27/h4-14,23,29H,3,15H2,1-2H3,(H2,28,30). The highest BCUT2D eigenvalue weighted by molar-refractivity contribution is 5.76. The van der Waals surface area contributed by atoms with Crippen molar-refractivity contribution in [3.63, 3.8) is 0 Å². The van der Waals surface area contributed by atoms with Gasteiger partial charge in [-0.1, -0.05) is 24.3 Å². The van der Waals surface area contributed by atoms with E-state index in [1.54, 1.807) is 19.1 Å². The van der Waals surface area contributed by atoms with Crippen molar-refractivity contribution in [3.8, 4) is 11.5 Å². The largest absolute Gasteiger partial charge is 0.494 e. The van der Waals surface area contributed by atoms with E-state index in [9.17, 15) is 8.78 Å². The maximum Gasteiger partial charge on any atom is 0.387 e. The van der Waals surface area contributed by atoms with Gasteiger partial charge in [0.25, 0.3) is 6.02 Å². The van der Waals surface area contributed by atoms with Gasteiger partial charge in [-0.15, -0.1) is 0 Å². The number of halogens is 2. The predicted octanol–water partition coefficient (Wildman–Crippen LogP) is 5.33. The monoisotopic (exact) mass is 453 g/mol. The molecule has 1 atom stereocenters. The number of hydrogen-bond donors (Lipinski definition) is 2. The van der Waals surface area contributed by atoms with Gasteiger partial charge in [-0.05, 0) is 66.9 Å². The second-order valence-electron chi connectivity index (χ2n) is 7.63. The highest BCUT2D eigenvalue weighted by Crippen LogP contribution is 2.42. The number of rotatable bonds is 8. The van der Waals surface area contributed by atoms with Gasteiger partial charge in [0.1, 0.15) is 18.1 Å². The summed E-state index contributed by atoms with van der Waals surface area (Å²) in [4.78, 5) is 4.64. The summed E-state index contributed by atoms with van der Waals surface area (Å²) in [6.45, 7) is 1.36. The number of hydrogen-bond acceptors (Lipinski definition) is 6. The van der Waals surface area contributed by atoms with Crippen molar-refractivity contribution in [1.82, 2.24) is 0 Å². The van der Waals surface area contributed by atoms with Gasteiger partial charge in [0, 0.05) is 17.4 Å². The van der Waals surface area contributed by atoms with E-state index >= 15 is 0 Å². The van der Waals surface area contributed by atoms with Crippen molar-refractivity contribution in [2.45, 2.75) is 26.0 Å². The molecule has 172 valence electrons. The lowest BCUT2D eigenvalue weighted by Crippen LogP contribution is -2.27. The van der Waals surface area contributed by atoms with E-state index in [0.717, 1.165) is 22.5 Å². The zero-order valence-corrected chi connectivity index (χ0v) is 18.3. The van der Waals surface area contributed by atoms with Crippen molar-refractivity contribution in [2.75, 3.05) is 18.5 Å². The minimum atomic E-state index is -2.90. The Bertz CT molecular complexity index is 1150. The average Bonchev–Trinajstić information content (AvgIpc) is 3.18. The lowest BCUT2D eigenvalue weighted by atomic mass is 9.83. The normalized spacial score (nSPS) is 17.4. The van der Waals surface area contributed by atoms with Gasteiger partial charge in [-0.3, -0.25) is 0 Å². The first-order valence-corrected chi connectivity index (χ1v) is 10.5. The van der Waals surface area contributed by atoms with Crippen molar-refractivity contribution < 1.29 is 23.0 Å². The summed E-state index contributed by atoms with van der Waals surface area (Å²) in [5.74, 6) is 0.761. The zero-order valence-electron chi connectivity index (χ0n) is 18.3. The minimum absolute atomic E-state index is 0.0555.